The summed E-state index contributed by atoms with van der Waals surface area (Å²) in [5.74, 6) is -0.277. The lowest BCUT2D eigenvalue weighted by Crippen LogP contribution is -2.25. The van der Waals surface area contributed by atoms with Crippen LogP contribution in [0.3, 0.4) is 0 Å². The van der Waals surface area contributed by atoms with Crippen LogP contribution in [0.15, 0.2) is 57.1 Å². The molecule has 168 valence electrons. The molecule has 33 heavy (non-hydrogen) atoms. The van der Waals surface area contributed by atoms with Gasteiger partial charge in [0, 0.05) is 40.2 Å². The van der Waals surface area contributed by atoms with Gasteiger partial charge in [0.2, 0.25) is 5.91 Å². The van der Waals surface area contributed by atoms with Gasteiger partial charge in [0.1, 0.15) is 4.83 Å². The van der Waals surface area contributed by atoms with E-state index < -0.39 is 0 Å². The molecular formula is C23H20N4O3S3. The van der Waals surface area contributed by atoms with Crippen LogP contribution >= 0.6 is 34.4 Å². The first kappa shape index (κ1) is 21.9. The molecule has 0 unspecified atom stereocenters. The summed E-state index contributed by atoms with van der Waals surface area (Å²) in [5.41, 5.74) is 1.85. The van der Waals surface area contributed by atoms with E-state index in [1.54, 1.807) is 42.6 Å². The maximum Gasteiger partial charge on any atom is 0.263 e. The third kappa shape index (κ3) is 4.73. The minimum absolute atomic E-state index is 0.0907. The predicted molar refractivity (Wildman–Crippen MR) is 134 cm³/mol. The number of amides is 2. The Bertz CT molecular complexity index is 1400. The number of hydrogen-bond acceptors (Lipinski definition) is 7. The van der Waals surface area contributed by atoms with Crippen molar-refractivity contribution in [2.75, 3.05) is 11.1 Å². The Kier molecular flexibility index (Phi) is 6.05. The van der Waals surface area contributed by atoms with E-state index >= 15 is 0 Å². The summed E-state index contributed by atoms with van der Waals surface area (Å²) in [5, 5.41) is 10.8. The second-order valence-corrected chi connectivity index (χ2v) is 10.5. The van der Waals surface area contributed by atoms with E-state index in [0.717, 1.165) is 23.3 Å². The van der Waals surface area contributed by atoms with Crippen molar-refractivity contribution in [2.45, 2.75) is 24.0 Å². The van der Waals surface area contributed by atoms with Gasteiger partial charge in [0.25, 0.3) is 11.5 Å². The van der Waals surface area contributed by atoms with Gasteiger partial charge in [-0.15, -0.1) is 22.7 Å². The number of hydrogen-bond donors (Lipinski definition) is 2. The van der Waals surface area contributed by atoms with Crippen molar-refractivity contribution in [3.05, 3.63) is 63.1 Å². The van der Waals surface area contributed by atoms with Gasteiger partial charge in [0.15, 0.2) is 5.16 Å². The molecule has 5 rings (SSSR count). The molecule has 3 aromatic heterocycles. The fourth-order valence-electron chi connectivity index (χ4n) is 3.36. The van der Waals surface area contributed by atoms with Crippen LogP contribution in [0.25, 0.3) is 20.7 Å². The van der Waals surface area contributed by atoms with Gasteiger partial charge in [-0.05, 0) is 42.5 Å². The van der Waals surface area contributed by atoms with Crippen LogP contribution in [0.5, 0.6) is 0 Å². The monoisotopic (exact) mass is 496 g/mol. The first-order valence-electron chi connectivity index (χ1n) is 10.4. The van der Waals surface area contributed by atoms with Crippen LogP contribution in [-0.4, -0.2) is 33.2 Å². The van der Waals surface area contributed by atoms with E-state index in [0.29, 0.717) is 26.6 Å². The number of thioether (sulfide) groups is 1. The molecule has 7 nitrogen and oxygen atoms in total. The Balaban J connectivity index is 1.28. The Morgan fingerprint density at radius 2 is 2.06 bits per heavy atom. The van der Waals surface area contributed by atoms with E-state index in [1.807, 2.05) is 22.9 Å². The summed E-state index contributed by atoms with van der Waals surface area (Å²) in [6.07, 6.45) is 2.03. The molecule has 0 radical (unpaired) electrons. The van der Waals surface area contributed by atoms with Crippen molar-refractivity contribution in [2.24, 2.45) is 7.05 Å². The predicted octanol–water partition coefficient (Wildman–Crippen LogP) is 4.35. The number of benzene rings is 1. The van der Waals surface area contributed by atoms with Gasteiger partial charge in [0.05, 0.1) is 11.1 Å². The van der Waals surface area contributed by atoms with E-state index in [4.69, 9.17) is 0 Å². The van der Waals surface area contributed by atoms with Crippen molar-refractivity contribution in [3.63, 3.8) is 0 Å². The van der Waals surface area contributed by atoms with Crippen LogP contribution in [0.2, 0.25) is 0 Å². The molecular weight excluding hydrogens is 476 g/mol. The van der Waals surface area contributed by atoms with Crippen molar-refractivity contribution in [3.8, 4) is 10.4 Å². The van der Waals surface area contributed by atoms with Crippen LogP contribution in [0.4, 0.5) is 5.69 Å². The zero-order valence-electron chi connectivity index (χ0n) is 17.7. The number of aromatic nitrogens is 2. The molecule has 2 N–H and O–H groups in total. The van der Waals surface area contributed by atoms with E-state index in [-0.39, 0.29) is 29.2 Å². The summed E-state index contributed by atoms with van der Waals surface area (Å²) >= 11 is 4.22. The van der Waals surface area contributed by atoms with Crippen LogP contribution < -0.4 is 16.2 Å². The average molecular weight is 497 g/mol. The standard InChI is InChI=1S/C23H20N4O3S3/c1-27-22(30)19-16(17-6-3-9-31-17)11-32-21(19)26-23(27)33-12-18(28)24-15-5-2-4-13(10-15)20(29)25-14-7-8-14/h2-6,9-11,14H,7-8,12H2,1H3,(H,24,28)(H,25,29). The molecule has 1 fully saturated rings. The Hall–Kier alpha value is -2.95. The minimum Gasteiger partial charge on any atom is -0.349 e. The highest BCUT2D eigenvalue weighted by atomic mass is 32.2. The third-order valence-electron chi connectivity index (χ3n) is 5.21. The van der Waals surface area contributed by atoms with Crippen LogP contribution in [-0.2, 0) is 11.8 Å². The van der Waals surface area contributed by atoms with Crippen LogP contribution in [0, 0.1) is 0 Å². The smallest absolute Gasteiger partial charge is 0.263 e. The number of thiophene rings is 2. The Morgan fingerprint density at radius 1 is 1.21 bits per heavy atom. The van der Waals surface area contributed by atoms with Crippen molar-refractivity contribution >= 4 is 62.2 Å². The maximum absolute atomic E-state index is 13.0. The molecule has 0 spiro atoms. The largest absolute Gasteiger partial charge is 0.349 e. The first-order chi connectivity index (χ1) is 16.0. The molecule has 0 saturated heterocycles. The molecule has 2 amide bonds. The molecule has 0 atom stereocenters. The SMILES string of the molecule is Cn1c(SCC(=O)Nc2cccc(C(=O)NC3CC3)c2)nc2scc(-c3cccs3)c2c1=O. The maximum atomic E-state index is 13.0. The molecule has 1 saturated carbocycles. The lowest BCUT2D eigenvalue weighted by atomic mass is 10.2. The zero-order valence-corrected chi connectivity index (χ0v) is 20.1. The van der Waals surface area contributed by atoms with E-state index in [1.165, 1.54) is 27.7 Å². The summed E-state index contributed by atoms with van der Waals surface area (Å²) in [7, 11) is 1.67. The summed E-state index contributed by atoms with van der Waals surface area (Å²) in [6, 6.07) is 11.1. The minimum atomic E-state index is -0.237. The second kappa shape index (κ2) is 9.12. The van der Waals surface area contributed by atoms with Crippen molar-refractivity contribution in [1.82, 2.24) is 14.9 Å². The topological polar surface area (TPSA) is 93.1 Å². The quantitative estimate of drug-likeness (QED) is 0.293. The molecule has 10 heteroatoms. The first-order valence-corrected chi connectivity index (χ1v) is 13.1. The molecule has 4 aromatic rings. The number of nitrogens with one attached hydrogen (secondary N) is 2. The Labute approximate surface area is 201 Å². The van der Waals surface area contributed by atoms with Gasteiger partial charge in [-0.2, -0.15) is 0 Å². The summed E-state index contributed by atoms with van der Waals surface area (Å²) < 4.78 is 1.49. The summed E-state index contributed by atoms with van der Waals surface area (Å²) in [4.78, 5) is 44.1. The second-order valence-electron chi connectivity index (χ2n) is 7.73. The van der Waals surface area contributed by atoms with Gasteiger partial charge in [-0.25, -0.2) is 4.98 Å². The number of fused-ring (bicyclic) bond motifs is 1. The zero-order chi connectivity index (χ0) is 22.9. The Morgan fingerprint density at radius 3 is 2.82 bits per heavy atom. The summed E-state index contributed by atoms with van der Waals surface area (Å²) in [6.45, 7) is 0. The highest BCUT2D eigenvalue weighted by Gasteiger charge is 2.24. The number of nitrogens with zero attached hydrogens (tertiary/aromatic N) is 2. The van der Waals surface area contributed by atoms with Crippen LogP contribution in [0.1, 0.15) is 23.2 Å². The molecule has 1 aliphatic rings. The normalized spacial score (nSPS) is 13.2. The molecule has 0 bridgehead atoms. The van der Waals surface area contributed by atoms with Crippen molar-refractivity contribution < 1.29 is 9.59 Å². The van der Waals surface area contributed by atoms with Gasteiger partial charge in [-0.1, -0.05) is 23.9 Å². The molecule has 1 aliphatic carbocycles. The number of rotatable bonds is 7. The fraction of sp³-hybridized carbons (Fsp3) is 0.217. The van der Waals surface area contributed by atoms with Gasteiger partial charge >= 0.3 is 0 Å². The van der Waals surface area contributed by atoms with E-state index in [2.05, 4.69) is 15.6 Å². The lowest BCUT2D eigenvalue weighted by molar-refractivity contribution is -0.113. The highest BCUT2D eigenvalue weighted by molar-refractivity contribution is 7.99. The number of carbonyl (C=O) groups is 2. The highest BCUT2D eigenvalue weighted by Crippen LogP contribution is 2.34. The average Bonchev–Trinajstić information content (AvgIpc) is 3.28. The number of anilines is 1. The lowest BCUT2D eigenvalue weighted by Gasteiger charge is -2.09. The van der Waals surface area contributed by atoms with Gasteiger partial charge in [-0.3, -0.25) is 19.0 Å². The molecule has 0 aliphatic heterocycles. The fourth-order valence-corrected chi connectivity index (χ4v) is 5.93. The third-order valence-corrected chi connectivity index (χ3v) is 8.02. The van der Waals surface area contributed by atoms with Crippen molar-refractivity contribution in [1.29, 1.82) is 0 Å². The molecule has 3 heterocycles. The number of carbonyl (C=O) groups excluding carboxylic acids is 2. The van der Waals surface area contributed by atoms with E-state index in [9.17, 15) is 14.4 Å². The van der Waals surface area contributed by atoms with Gasteiger partial charge < -0.3 is 10.6 Å². The molecule has 1 aromatic carbocycles.